The molecule has 0 radical (unpaired) electrons. The van der Waals surface area contributed by atoms with Gasteiger partial charge in [-0.05, 0) is 48.4 Å². The first-order chi connectivity index (χ1) is 13.7. The van der Waals surface area contributed by atoms with E-state index in [9.17, 15) is 18.3 Å². The second-order valence-electron chi connectivity index (χ2n) is 6.39. The van der Waals surface area contributed by atoms with Crippen LogP contribution in [0.2, 0.25) is 0 Å². The number of hydrogen-bond acceptors (Lipinski definition) is 5. The van der Waals surface area contributed by atoms with Gasteiger partial charge in [-0.3, -0.25) is 5.10 Å². The first-order valence-electron chi connectivity index (χ1n) is 8.68. The zero-order valence-electron chi connectivity index (χ0n) is 15.0. The molecule has 1 aliphatic heterocycles. The van der Waals surface area contributed by atoms with Gasteiger partial charge in [0.25, 0.3) is 0 Å². The van der Waals surface area contributed by atoms with Gasteiger partial charge in [0.1, 0.15) is 5.75 Å². The fourth-order valence-corrected chi connectivity index (χ4v) is 4.13. The Hall–Kier alpha value is -2.72. The molecule has 2 heterocycles. The molecule has 1 atom stereocenters. The van der Waals surface area contributed by atoms with Gasteiger partial charge in [0.2, 0.25) is 0 Å². The Morgan fingerprint density at radius 2 is 1.86 bits per heavy atom. The van der Waals surface area contributed by atoms with Crippen LogP contribution in [0.1, 0.15) is 6.42 Å². The summed E-state index contributed by atoms with van der Waals surface area (Å²) in [7, 11) is 0. The van der Waals surface area contributed by atoms with Crippen molar-refractivity contribution in [3.05, 3.63) is 42.6 Å². The molecule has 1 saturated heterocycles. The number of hydrogen-bond donors (Lipinski definition) is 4. The lowest BCUT2D eigenvalue weighted by molar-refractivity contribution is -0.192. The van der Waals surface area contributed by atoms with Gasteiger partial charge < -0.3 is 15.5 Å². The van der Waals surface area contributed by atoms with E-state index in [4.69, 9.17) is 9.90 Å². The van der Waals surface area contributed by atoms with Gasteiger partial charge in [-0.1, -0.05) is 12.1 Å². The third-order valence-corrected chi connectivity index (χ3v) is 5.60. The van der Waals surface area contributed by atoms with Gasteiger partial charge in [-0.15, -0.1) is 11.8 Å². The number of benzene rings is 2. The second kappa shape index (κ2) is 8.75. The van der Waals surface area contributed by atoms with Crippen LogP contribution >= 0.6 is 11.8 Å². The molecule has 29 heavy (non-hydrogen) atoms. The zero-order valence-corrected chi connectivity index (χ0v) is 15.8. The molecule has 10 heteroatoms. The first-order valence-corrected chi connectivity index (χ1v) is 9.56. The molecule has 1 aliphatic rings. The quantitative estimate of drug-likeness (QED) is 0.506. The van der Waals surface area contributed by atoms with Crippen LogP contribution in [0.4, 0.5) is 13.2 Å². The highest BCUT2D eigenvalue weighted by molar-refractivity contribution is 8.00. The maximum absolute atomic E-state index is 10.6. The summed E-state index contributed by atoms with van der Waals surface area (Å²) in [6, 6.07) is 11.7. The van der Waals surface area contributed by atoms with E-state index in [0.717, 1.165) is 29.7 Å². The van der Waals surface area contributed by atoms with E-state index in [1.54, 1.807) is 12.1 Å². The SMILES string of the molecule is O=C(O)C(F)(F)F.Oc1ccc(-c2cc(S[C@H]3CCNC3)c3cn[nH]c3c2)cc1. The molecule has 3 aromatic rings. The number of thioether (sulfide) groups is 1. The molecule has 2 aromatic carbocycles. The average Bonchev–Trinajstić information content (AvgIpc) is 3.33. The van der Waals surface area contributed by atoms with Crippen LogP contribution in [0.25, 0.3) is 22.0 Å². The topological polar surface area (TPSA) is 98.2 Å². The largest absolute Gasteiger partial charge is 0.508 e. The third kappa shape index (κ3) is 5.42. The molecule has 0 saturated carbocycles. The lowest BCUT2D eigenvalue weighted by Crippen LogP contribution is -2.21. The van der Waals surface area contributed by atoms with E-state index in [0.29, 0.717) is 5.25 Å². The monoisotopic (exact) mass is 425 g/mol. The summed E-state index contributed by atoms with van der Waals surface area (Å²) in [5.74, 6) is -2.47. The number of aromatic hydroxyl groups is 1. The predicted octanol–water partition coefficient (Wildman–Crippen LogP) is 4.02. The lowest BCUT2D eigenvalue weighted by Gasteiger charge is -2.11. The maximum Gasteiger partial charge on any atom is 0.490 e. The van der Waals surface area contributed by atoms with Crippen LogP contribution < -0.4 is 5.32 Å². The van der Waals surface area contributed by atoms with Crippen molar-refractivity contribution in [1.82, 2.24) is 15.5 Å². The number of carboxylic acid groups (broad SMARTS) is 1. The molecule has 6 nitrogen and oxygen atoms in total. The number of rotatable bonds is 3. The summed E-state index contributed by atoms with van der Waals surface area (Å²) in [6.45, 7) is 2.16. The number of halogens is 3. The molecule has 0 amide bonds. The Labute approximate surface area is 168 Å². The number of aromatic amines is 1. The van der Waals surface area contributed by atoms with Crippen molar-refractivity contribution in [2.75, 3.05) is 13.1 Å². The Kier molecular flexibility index (Phi) is 6.33. The number of aliphatic carboxylic acids is 1. The molecule has 1 aromatic heterocycles. The van der Waals surface area contributed by atoms with Crippen LogP contribution in [0, 0.1) is 0 Å². The molecular weight excluding hydrogens is 407 g/mol. The number of aromatic nitrogens is 2. The molecule has 0 aliphatic carbocycles. The standard InChI is InChI=1S/C17H17N3OS.C2HF3O2/c21-13-3-1-11(2-4-13)12-7-16-15(10-19-20-16)17(8-12)22-14-5-6-18-9-14;3-2(4,5)1(6)7/h1-4,7-8,10,14,18,21H,5-6,9H2,(H,19,20);(H,6,7)/t14-;/m0./s1. The van der Waals surface area contributed by atoms with Crippen LogP contribution in [-0.4, -0.2) is 50.9 Å². The molecular formula is C19H18F3N3O3S. The number of H-pyrrole nitrogens is 1. The number of fused-ring (bicyclic) bond motifs is 1. The number of nitrogens with zero attached hydrogens (tertiary/aromatic N) is 1. The van der Waals surface area contributed by atoms with E-state index in [1.807, 2.05) is 30.1 Å². The normalized spacial score (nSPS) is 16.4. The van der Waals surface area contributed by atoms with Crippen molar-refractivity contribution >= 4 is 28.6 Å². The van der Waals surface area contributed by atoms with E-state index >= 15 is 0 Å². The number of phenols is 1. The summed E-state index contributed by atoms with van der Waals surface area (Å²) in [6.07, 6.45) is -1.98. The number of nitrogens with one attached hydrogen (secondary N) is 2. The van der Waals surface area contributed by atoms with Crippen molar-refractivity contribution in [3.8, 4) is 16.9 Å². The minimum atomic E-state index is -5.08. The predicted molar refractivity (Wildman–Crippen MR) is 104 cm³/mol. The van der Waals surface area contributed by atoms with E-state index in [1.165, 1.54) is 16.7 Å². The van der Waals surface area contributed by atoms with Crippen LogP contribution in [-0.2, 0) is 4.79 Å². The van der Waals surface area contributed by atoms with Gasteiger partial charge in [-0.2, -0.15) is 18.3 Å². The van der Waals surface area contributed by atoms with Crippen molar-refractivity contribution in [1.29, 1.82) is 0 Å². The van der Waals surface area contributed by atoms with Crippen LogP contribution in [0.3, 0.4) is 0 Å². The van der Waals surface area contributed by atoms with Gasteiger partial charge in [-0.25, -0.2) is 4.79 Å². The number of phenolic OH excluding ortho intramolecular Hbond substituents is 1. The summed E-state index contributed by atoms with van der Waals surface area (Å²) in [5.41, 5.74) is 3.30. The van der Waals surface area contributed by atoms with Gasteiger partial charge in [0, 0.05) is 22.1 Å². The summed E-state index contributed by atoms with van der Waals surface area (Å²) < 4.78 is 31.7. The Morgan fingerprint density at radius 1 is 1.17 bits per heavy atom. The van der Waals surface area contributed by atoms with Gasteiger partial charge in [0.15, 0.2) is 0 Å². The van der Waals surface area contributed by atoms with Gasteiger partial charge >= 0.3 is 12.1 Å². The average molecular weight is 425 g/mol. The number of carbonyl (C=O) groups is 1. The van der Waals surface area contributed by atoms with E-state index in [-0.39, 0.29) is 5.75 Å². The number of carboxylic acids is 1. The third-order valence-electron chi connectivity index (χ3n) is 4.27. The fraction of sp³-hybridized carbons (Fsp3) is 0.263. The molecule has 0 bridgehead atoms. The summed E-state index contributed by atoms with van der Waals surface area (Å²) in [5, 5.41) is 29.1. The smallest absolute Gasteiger partial charge is 0.490 e. The highest BCUT2D eigenvalue weighted by Crippen LogP contribution is 2.36. The Morgan fingerprint density at radius 3 is 2.45 bits per heavy atom. The summed E-state index contributed by atoms with van der Waals surface area (Å²) in [4.78, 5) is 10.2. The molecule has 0 spiro atoms. The van der Waals surface area contributed by atoms with Crippen molar-refractivity contribution in [2.24, 2.45) is 0 Å². The van der Waals surface area contributed by atoms with Crippen molar-refractivity contribution in [2.45, 2.75) is 22.7 Å². The maximum atomic E-state index is 10.6. The van der Waals surface area contributed by atoms with Crippen molar-refractivity contribution < 1.29 is 28.2 Å². The van der Waals surface area contributed by atoms with E-state index in [2.05, 4.69) is 27.6 Å². The molecule has 154 valence electrons. The molecule has 4 N–H and O–H groups in total. The molecule has 0 unspecified atom stereocenters. The van der Waals surface area contributed by atoms with Crippen molar-refractivity contribution in [3.63, 3.8) is 0 Å². The zero-order chi connectivity index (χ0) is 21.0. The minimum absolute atomic E-state index is 0.290. The highest BCUT2D eigenvalue weighted by atomic mass is 32.2. The lowest BCUT2D eigenvalue weighted by atomic mass is 10.0. The first kappa shape index (κ1) is 21.0. The number of alkyl halides is 3. The molecule has 4 rings (SSSR count). The molecule has 1 fully saturated rings. The van der Waals surface area contributed by atoms with E-state index < -0.39 is 12.1 Å². The van der Waals surface area contributed by atoms with Crippen LogP contribution in [0.15, 0.2) is 47.5 Å². The highest BCUT2D eigenvalue weighted by Gasteiger charge is 2.38. The van der Waals surface area contributed by atoms with Gasteiger partial charge in [0.05, 0.1) is 11.7 Å². The second-order valence-corrected chi connectivity index (χ2v) is 7.73. The summed E-state index contributed by atoms with van der Waals surface area (Å²) >= 11 is 1.93. The fourth-order valence-electron chi connectivity index (χ4n) is 2.85. The Bertz CT molecular complexity index is 984. The Balaban J connectivity index is 0.000000298. The van der Waals surface area contributed by atoms with Crippen LogP contribution in [0.5, 0.6) is 5.75 Å². The minimum Gasteiger partial charge on any atom is -0.508 e.